The first-order valence-electron chi connectivity index (χ1n) is 12.2. The Morgan fingerprint density at radius 2 is 1.95 bits per heavy atom. The number of ether oxygens (including phenoxy) is 3. The largest absolute Gasteiger partial charge is 0.493 e. The SMILES string of the molecule is COc1cc(/C=C2/C(=N)N3N=C(CC(=O)N4CCOCC4)SC3=NC2=O)ccc1O[C@H](C)c1ccccc1. The van der Waals surface area contributed by atoms with E-state index in [9.17, 15) is 9.59 Å². The van der Waals surface area contributed by atoms with Crippen molar-refractivity contribution >= 4 is 45.7 Å². The monoisotopic (exact) mass is 533 g/mol. The van der Waals surface area contributed by atoms with Crippen molar-refractivity contribution in [1.82, 2.24) is 9.91 Å². The molecule has 0 radical (unpaired) electrons. The van der Waals surface area contributed by atoms with Gasteiger partial charge in [-0.2, -0.15) is 15.1 Å². The quantitative estimate of drug-likeness (QED) is 0.540. The first-order valence-corrected chi connectivity index (χ1v) is 13.0. The average Bonchev–Trinajstić information content (AvgIpc) is 3.34. The molecule has 0 saturated carbocycles. The van der Waals surface area contributed by atoms with Gasteiger partial charge in [-0.3, -0.25) is 15.0 Å². The number of carbonyl (C=O) groups excluding carboxylic acids is 2. The number of hydrazone groups is 1. The van der Waals surface area contributed by atoms with Crippen LogP contribution in [0, 0.1) is 5.41 Å². The minimum absolute atomic E-state index is 0.0652. The fourth-order valence-corrected chi connectivity index (χ4v) is 5.05. The molecule has 5 rings (SSSR count). The molecule has 0 bridgehead atoms. The standard InChI is InChI=1S/C27H27N5O5S/c1-17(19-6-4-3-5-7-19)37-21-9-8-18(15-22(21)35-2)14-20-25(28)32-27(29-26(20)34)38-23(30-32)16-24(33)31-10-12-36-13-11-31/h3-9,14-15,17,28H,10-13,16H2,1-2H3/b20-14-,28-25?/t17-/m1/s1. The Bertz CT molecular complexity index is 1350. The third-order valence-electron chi connectivity index (χ3n) is 6.23. The van der Waals surface area contributed by atoms with Crippen LogP contribution in [0.4, 0.5) is 0 Å². The van der Waals surface area contributed by atoms with Crippen molar-refractivity contribution < 1.29 is 23.8 Å². The van der Waals surface area contributed by atoms with Crippen molar-refractivity contribution in [2.24, 2.45) is 10.1 Å². The highest BCUT2D eigenvalue weighted by molar-refractivity contribution is 8.27. The maximum Gasteiger partial charge on any atom is 0.283 e. The molecule has 0 aromatic heterocycles. The zero-order chi connectivity index (χ0) is 26.6. The Hall–Kier alpha value is -3.96. The van der Waals surface area contributed by atoms with E-state index in [2.05, 4.69) is 10.1 Å². The summed E-state index contributed by atoms with van der Waals surface area (Å²) >= 11 is 1.14. The van der Waals surface area contributed by atoms with Crippen LogP contribution >= 0.6 is 11.8 Å². The third-order valence-corrected chi connectivity index (χ3v) is 7.14. The number of fused-ring (bicyclic) bond motifs is 1. The van der Waals surface area contributed by atoms with E-state index < -0.39 is 5.91 Å². The molecule has 196 valence electrons. The summed E-state index contributed by atoms with van der Waals surface area (Å²) in [6.07, 6.45) is 1.47. The number of amidine groups is 2. The molecule has 1 atom stereocenters. The van der Waals surface area contributed by atoms with E-state index in [-0.39, 0.29) is 35.0 Å². The molecule has 3 heterocycles. The van der Waals surface area contributed by atoms with Gasteiger partial charge in [-0.05, 0) is 48.0 Å². The zero-order valence-corrected chi connectivity index (χ0v) is 21.9. The Morgan fingerprint density at radius 3 is 2.68 bits per heavy atom. The van der Waals surface area contributed by atoms with Gasteiger partial charge in [0.15, 0.2) is 17.3 Å². The predicted octanol–water partition coefficient (Wildman–Crippen LogP) is 3.70. The van der Waals surface area contributed by atoms with Crippen molar-refractivity contribution in [1.29, 1.82) is 5.41 Å². The van der Waals surface area contributed by atoms with Gasteiger partial charge in [-0.15, -0.1) is 0 Å². The Morgan fingerprint density at radius 1 is 1.18 bits per heavy atom. The maximum atomic E-state index is 12.8. The molecule has 1 fully saturated rings. The van der Waals surface area contributed by atoms with E-state index in [0.29, 0.717) is 48.4 Å². The minimum atomic E-state index is -0.540. The van der Waals surface area contributed by atoms with Crippen LogP contribution in [0.25, 0.3) is 6.08 Å². The van der Waals surface area contributed by atoms with Crippen LogP contribution < -0.4 is 9.47 Å². The molecule has 2 amide bonds. The number of nitrogens with one attached hydrogen (secondary N) is 1. The van der Waals surface area contributed by atoms with Crippen molar-refractivity contribution in [3.05, 3.63) is 65.2 Å². The fourth-order valence-electron chi connectivity index (χ4n) is 4.18. The van der Waals surface area contributed by atoms with Crippen LogP contribution in [-0.2, 0) is 14.3 Å². The van der Waals surface area contributed by atoms with Gasteiger partial charge in [-0.1, -0.05) is 36.4 Å². The van der Waals surface area contributed by atoms with Crippen molar-refractivity contribution in [3.63, 3.8) is 0 Å². The third kappa shape index (κ3) is 5.48. The molecule has 2 aromatic rings. The Balaban J connectivity index is 1.31. The molecular weight excluding hydrogens is 506 g/mol. The van der Waals surface area contributed by atoms with Crippen LogP contribution in [0.1, 0.15) is 30.6 Å². The number of methoxy groups -OCH3 is 1. The molecule has 38 heavy (non-hydrogen) atoms. The Labute approximate surface area is 224 Å². The zero-order valence-electron chi connectivity index (χ0n) is 21.0. The number of hydrogen-bond donors (Lipinski definition) is 1. The van der Waals surface area contributed by atoms with E-state index in [4.69, 9.17) is 19.6 Å². The maximum absolute atomic E-state index is 12.8. The van der Waals surface area contributed by atoms with E-state index in [1.807, 2.05) is 37.3 Å². The van der Waals surface area contributed by atoms with Gasteiger partial charge < -0.3 is 19.1 Å². The van der Waals surface area contributed by atoms with Crippen molar-refractivity contribution in [2.75, 3.05) is 33.4 Å². The summed E-state index contributed by atoms with van der Waals surface area (Å²) in [5.41, 5.74) is 1.77. The van der Waals surface area contributed by atoms with Gasteiger partial charge >= 0.3 is 0 Å². The first kappa shape index (κ1) is 25.7. The molecule has 1 saturated heterocycles. The molecule has 11 heteroatoms. The second-order valence-electron chi connectivity index (χ2n) is 8.76. The summed E-state index contributed by atoms with van der Waals surface area (Å²) in [7, 11) is 1.55. The smallest absolute Gasteiger partial charge is 0.283 e. The van der Waals surface area contributed by atoms with Gasteiger partial charge in [0.05, 0.1) is 32.3 Å². The summed E-state index contributed by atoms with van der Waals surface area (Å²) in [6, 6.07) is 15.2. The van der Waals surface area contributed by atoms with Crippen molar-refractivity contribution in [3.8, 4) is 11.5 Å². The van der Waals surface area contributed by atoms with Crippen molar-refractivity contribution in [2.45, 2.75) is 19.4 Å². The highest BCUT2D eigenvalue weighted by Crippen LogP contribution is 2.34. The second-order valence-corrected chi connectivity index (χ2v) is 9.81. The van der Waals surface area contributed by atoms with E-state index in [1.165, 1.54) is 5.01 Å². The molecule has 0 unspecified atom stereocenters. The average molecular weight is 534 g/mol. The lowest BCUT2D eigenvalue weighted by Gasteiger charge is -2.26. The van der Waals surface area contributed by atoms with Gasteiger partial charge in [0.25, 0.3) is 5.91 Å². The van der Waals surface area contributed by atoms with E-state index >= 15 is 0 Å². The summed E-state index contributed by atoms with van der Waals surface area (Å²) in [4.78, 5) is 31.3. The number of rotatable bonds is 7. The van der Waals surface area contributed by atoms with Crippen LogP contribution in [0.5, 0.6) is 11.5 Å². The minimum Gasteiger partial charge on any atom is -0.493 e. The number of morpholine rings is 1. The molecule has 3 aliphatic rings. The highest BCUT2D eigenvalue weighted by Gasteiger charge is 2.36. The first-order chi connectivity index (χ1) is 18.4. The molecular formula is C27H27N5O5S. The molecule has 10 nitrogen and oxygen atoms in total. The van der Waals surface area contributed by atoms with Crippen LogP contribution in [0.2, 0.25) is 0 Å². The summed E-state index contributed by atoms with van der Waals surface area (Å²) in [6.45, 7) is 4.07. The van der Waals surface area contributed by atoms with Crippen LogP contribution in [0.15, 0.2) is 64.2 Å². The molecule has 3 aliphatic heterocycles. The summed E-state index contributed by atoms with van der Waals surface area (Å²) < 4.78 is 16.9. The molecule has 1 N–H and O–H groups in total. The Kier molecular flexibility index (Phi) is 7.57. The number of hydrogen-bond acceptors (Lipinski definition) is 8. The van der Waals surface area contributed by atoms with Gasteiger partial charge in [0, 0.05) is 13.1 Å². The topological polar surface area (TPSA) is 117 Å². The van der Waals surface area contributed by atoms with E-state index in [1.54, 1.807) is 36.3 Å². The molecule has 0 aliphatic carbocycles. The van der Waals surface area contributed by atoms with Gasteiger partial charge in [0.1, 0.15) is 11.1 Å². The highest BCUT2D eigenvalue weighted by atomic mass is 32.2. The summed E-state index contributed by atoms with van der Waals surface area (Å²) in [5, 5.41) is 15.1. The number of thioether (sulfide) groups is 1. The number of benzene rings is 2. The summed E-state index contributed by atoms with van der Waals surface area (Å²) in [5.74, 6) is 0.357. The van der Waals surface area contributed by atoms with Crippen LogP contribution in [-0.4, -0.2) is 71.2 Å². The normalized spacial score (nSPS) is 19.2. The number of aliphatic imine (C=N–C) groups is 1. The van der Waals surface area contributed by atoms with Gasteiger partial charge in [-0.25, -0.2) is 0 Å². The second kappa shape index (κ2) is 11.2. The van der Waals surface area contributed by atoms with Crippen LogP contribution in [0.3, 0.4) is 0 Å². The lowest BCUT2D eigenvalue weighted by molar-refractivity contribution is -0.133. The number of amides is 2. The fraction of sp³-hybridized carbons (Fsp3) is 0.296. The molecule has 2 aromatic carbocycles. The number of carbonyl (C=O) groups is 2. The lowest BCUT2D eigenvalue weighted by atomic mass is 10.1. The number of nitrogens with zero attached hydrogens (tertiary/aromatic N) is 4. The van der Waals surface area contributed by atoms with Gasteiger partial charge in [0.2, 0.25) is 11.1 Å². The van der Waals surface area contributed by atoms with E-state index in [0.717, 1.165) is 17.3 Å². The molecule has 0 spiro atoms. The predicted molar refractivity (Wildman–Crippen MR) is 146 cm³/mol. The lowest BCUT2D eigenvalue weighted by Crippen LogP contribution is -2.41.